The molecule has 0 spiro atoms. The molecule has 2 aliphatic rings. The normalized spacial score (nSPS) is 20.0. The van der Waals surface area contributed by atoms with Crippen LogP contribution in [0.25, 0.3) is 0 Å². The molecule has 116 valence electrons. The summed E-state index contributed by atoms with van der Waals surface area (Å²) in [6.45, 7) is 7.77. The summed E-state index contributed by atoms with van der Waals surface area (Å²) < 4.78 is 7.11. The van der Waals surface area contributed by atoms with Crippen LogP contribution in [0.4, 0.5) is 0 Å². The average Bonchev–Trinajstić information content (AvgIpc) is 3.19. The maximum Gasteiger partial charge on any atom is 0.125 e. The molecule has 1 heterocycles. The summed E-state index contributed by atoms with van der Waals surface area (Å²) in [5, 5.41) is 3.65. The lowest BCUT2D eigenvalue weighted by molar-refractivity contribution is 0.251. The topological polar surface area (TPSA) is 21.3 Å². The van der Waals surface area contributed by atoms with Gasteiger partial charge in [0.05, 0.1) is 6.61 Å². The van der Waals surface area contributed by atoms with E-state index >= 15 is 0 Å². The summed E-state index contributed by atoms with van der Waals surface area (Å²) in [6.07, 6.45) is 6.16. The molecule has 1 aromatic rings. The highest BCUT2D eigenvalue weighted by Gasteiger charge is 2.41. The predicted molar refractivity (Wildman–Crippen MR) is 91.0 cm³/mol. The van der Waals surface area contributed by atoms with Crippen LogP contribution in [-0.2, 0) is 12.8 Å². The summed E-state index contributed by atoms with van der Waals surface area (Å²) in [7, 11) is 0. The molecule has 1 unspecified atom stereocenters. The van der Waals surface area contributed by atoms with Gasteiger partial charge < -0.3 is 10.1 Å². The highest BCUT2D eigenvalue weighted by molar-refractivity contribution is 9.10. The molecule has 1 saturated carbocycles. The molecule has 1 aliphatic carbocycles. The van der Waals surface area contributed by atoms with Gasteiger partial charge in [0, 0.05) is 17.4 Å². The van der Waals surface area contributed by atoms with Crippen LogP contribution in [0.1, 0.15) is 44.2 Å². The largest absolute Gasteiger partial charge is 0.493 e. The van der Waals surface area contributed by atoms with Crippen molar-refractivity contribution in [3.8, 4) is 5.75 Å². The third kappa shape index (κ3) is 3.45. The van der Waals surface area contributed by atoms with E-state index in [9.17, 15) is 0 Å². The van der Waals surface area contributed by atoms with Crippen LogP contribution in [0.15, 0.2) is 16.6 Å². The molecule has 1 aliphatic heterocycles. The minimum Gasteiger partial charge on any atom is -0.493 e. The Labute approximate surface area is 136 Å². The van der Waals surface area contributed by atoms with E-state index in [1.54, 1.807) is 0 Å². The van der Waals surface area contributed by atoms with E-state index in [-0.39, 0.29) is 0 Å². The second-order valence-corrected chi connectivity index (χ2v) is 7.85. The van der Waals surface area contributed by atoms with E-state index in [1.807, 2.05) is 0 Å². The zero-order valence-corrected chi connectivity index (χ0v) is 14.8. The number of benzene rings is 1. The van der Waals surface area contributed by atoms with Crippen molar-refractivity contribution in [2.75, 3.05) is 19.7 Å². The maximum absolute atomic E-state index is 5.92. The van der Waals surface area contributed by atoms with Crippen LogP contribution in [0.5, 0.6) is 5.75 Å². The Morgan fingerprint density at radius 3 is 2.90 bits per heavy atom. The Morgan fingerprint density at radius 2 is 2.19 bits per heavy atom. The zero-order valence-electron chi connectivity index (χ0n) is 13.2. The Kier molecular flexibility index (Phi) is 4.60. The second-order valence-electron chi connectivity index (χ2n) is 6.93. The summed E-state index contributed by atoms with van der Waals surface area (Å²) >= 11 is 3.67. The Bertz CT molecular complexity index is 512. The monoisotopic (exact) mass is 351 g/mol. The smallest absolute Gasteiger partial charge is 0.125 e. The zero-order chi connectivity index (χ0) is 14.9. The van der Waals surface area contributed by atoms with Gasteiger partial charge in [-0.2, -0.15) is 0 Å². The van der Waals surface area contributed by atoms with Crippen molar-refractivity contribution in [1.82, 2.24) is 5.32 Å². The molecule has 1 aromatic carbocycles. The molecule has 3 heteroatoms. The molecule has 0 bridgehead atoms. The molecule has 1 N–H and O–H groups in total. The van der Waals surface area contributed by atoms with Crippen LogP contribution >= 0.6 is 15.9 Å². The number of hydrogen-bond acceptors (Lipinski definition) is 2. The van der Waals surface area contributed by atoms with E-state index in [2.05, 4.69) is 47.2 Å². The minimum absolute atomic E-state index is 0.357. The van der Waals surface area contributed by atoms with Gasteiger partial charge in [-0.25, -0.2) is 0 Å². The quantitative estimate of drug-likeness (QED) is 0.737. The standard InChI is InChI=1S/C18H26BrNO/c1-3-7-20-12-18(2,15-4-5-15)11-14-10-16(19)9-13-6-8-21-17(13)14/h9-10,15,20H,3-8,11-12H2,1-2H3. The fourth-order valence-corrected chi connectivity index (χ4v) is 4.15. The average molecular weight is 352 g/mol. The molecule has 0 saturated heterocycles. The SMILES string of the molecule is CCCNCC(C)(Cc1cc(Br)cc2c1OCC2)C1CC1. The molecule has 3 rings (SSSR count). The first-order valence-electron chi connectivity index (χ1n) is 8.27. The fraction of sp³-hybridized carbons (Fsp3) is 0.667. The molecule has 0 radical (unpaired) electrons. The van der Waals surface area contributed by atoms with Crippen molar-refractivity contribution in [3.63, 3.8) is 0 Å². The summed E-state index contributed by atoms with van der Waals surface area (Å²) in [5.74, 6) is 2.04. The Balaban J connectivity index is 1.80. The molecular formula is C18H26BrNO. The van der Waals surface area contributed by atoms with Crippen molar-refractivity contribution in [2.45, 2.75) is 46.0 Å². The van der Waals surface area contributed by atoms with Crippen molar-refractivity contribution in [3.05, 3.63) is 27.7 Å². The summed E-state index contributed by atoms with van der Waals surface area (Å²) in [5.41, 5.74) is 3.12. The van der Waals surface area contributed by atoms with Crippen molar-refractivity contribution >= 4 is 15.9 Å². The number of rotatable bonds is 7. The first-order valence-corrected chi connectivity index (χ1v) is 9.06. The second kappa shape index (κ2) is 6.29. The number of hydrogen-bond donors (Lipinski definition) is 1. The third-order valence-electron chi connectivity index (χ3n) is 4.94. The van der Waals surface area contributed by atoms with Gasteiger partial charge in [0.25, 0.3) is 0 Å². The first kappa shape index (κ1) is 15.4. The van der Waals surface area contributed by atoms with Gasteiger partial charge in [0.15, 0.2) is 0 Å². The van der Waals surface area contributed by atoms with Gasteiger partial charge in [-0.3, -0.25) is 0 Å². The Hall–Kier alpha value is -0.540. The van der Waals surface area contributed by atoms with Gasteiger partial charge in [-0.15, -0.1) is 0 Å². The molecular weight excluding hydrogens is 326 g/mol. The van der Waals surface area contributed by atoms with Crippen molar-refractivity contribution in [2.24, 2.45) is 11.3 Å². The number of fused-ring (bicyclic) bond motifs is 1. The maximum atomic E-state index is 5.92. The minimum atomic E-state index is 0.357. The lowest BCUT2D eigenvalue weighted by atomic mass is 9.78. The van der Waals surface area contributed by atoms with Crippen LogP contribution in [-0.4, -0.2) is 19.7 Å². The van der Waals surface area contributed by atoms with E-state index in [4.69, 9.17) is 4.74 Å². The third-order valence-corrected chi connectivity index (χ3v) is 5.40. The van der Waals surface area contributed by atoms with E-state index in [0.717, 1.165) is 38.5 Å². The van der Waals surface area contributed by atoms with Crippen LogP contribution in [0.3, 0.4) is 0 Å². The van der Waals surface area contributed by atoms with Crippen LogP contribution in [0, 0.1) is 11.3 Å². The lowest BCUT2D eigenvalue weighted by Gasteiger charge is -2.31. The van der Waals surface area contributed by atoms with Gasteiger partial charge in [0.1, 0.15) is 5.75 Å². The number of ether oxygens (including phenoxy) is 1. The van der Waals surface area contributed by atoms with Gasteiger partial charge in [-0.1, -0.05) is 29.8 Å². The summed E-state index contributed by atoms with van der Waals surface area (Å²) in [6, 6.07) is 4.49. The molecule has 0 amide bonds. The molecule has 1 atom stereocenters. The van der Waals surface area contributed by atoms with Gasteiger partial charge in [-0.05, 0) is 66.8 Å². The van der Waals surface area contributed by atoms with Crippen molar-refractivity contribution < 1.29 is 4.74 Å². The predicted octanol–water partition coefficient (Wildman–Crippen LogP) is 4.34. The van der Waals surface area contributed by atoms with E-state index < -0.39 is 0 Å². The summed E-state index contributed by atoms with van der Waals surface area (Å²) in [4.78, 5) is 0. The highest BCUT2D eigenvalue weighted by Crippen LogP contribution is 2.48. The highest BCUT2D eigenvalue weighted by atomic mass is 79.9. The molecule has 2 nitrogen and oxygen atoms in total. The van der Waals surface area contributed by atoms with Crippen LogP contribution < -0.4 is 10.1 Å². The van der Waals surface area contributed by atoms with E-state index in [1.165, 1.54) is 40.6 Å². The van der Waals surface area contributed by atoms with Crippen molar-refractivity contribution in [1.29, 1.82) is 0 Å². The van der Waals surface area contributed by atoms with E-state index in [0.29, 0.717) is 5.41 Å². The van der Waals surface area contributed by atoms with Crippen LogP contribution in [0.2, 0.25) is 0 Å². The fourth-order valence-electron chi connectivity index (χ4n) is 3.59. The first-order chi connectivity index (χ1) is 10.1. The number of nitrogens with one attached hydrogen (secondary N) is 1. The van der Waals surface area contributed by atoms with Gasteiger partial charge in [0.2, 0.25) is 0 Å². The number of halogens is 1. The van der Waals surface area contributed by atoms with Gasteiger partial charge >= 0.3 is 0 Å². The molecule has 0 aromatic heterocycles. The molecule has 1 fully saturated rings. The Morgan fingerprint density at radius 1 is 1.38 bits per heavy atom. The lowest BCUT2D eigenvalue weighted by Crippen LogP contribution is -2.36. The molecule has 21 heavy (non-hydrogen) atoms.